The first-order chi connectivity index (χ1) is 11.7. The fourth-order valence-corrected chi connectivity index (χ4v) is 5.76. The molecule has 0 aliphatic carbocycles. The van der Waals surface area contributed by atoms with Crippen LogP contribution in [0.5, 0.6) is 0 Å². The third-order valence-corrected chi connectivity index (χ3v) is 6.84. The van der Waals surface area contributed by atoms with E-state index >= 15 is 0 Å². The number of rotatable bonds is 6. The zero-order valence-corrected chi connectivity index (χ0v) is 15.7. The number of hydrogen-bond acceptors (Lipinski definition) is 4. The van der Waals surface area contributed by atoms with Gasteiger partial charge in [0.25, 0.3) is 0 Å². The molecule has 2 aliphatic rings. The van der Waals surface area contributed by atoms with Gasteiger partial charge in [-0.3, -0.25) is 4.79 Å². The molecule has 3 nitrogen and oxygen atoms in total. The number of nitrogens with zero attached hydrogens (tertiary/aromatic N) is 2. The van der Waals surface area contributed by atoms with Gasteiger partial charge in [-0.05, 0) is 35.8 Å². The Balaban J connectivity index is 1.73. The molecule has 2 atom stereocenters. The van der Waals surface area contributed by atoms with Crippen LogP contribution in [0.3, 0.4) is 0 Å². The number of aryl methyl sites for hydroxylation is 1. The second kappa shape index (κ2) is 6.45. The minimum absolute atomic E-state index is 0.201. The van der Waals surface area contributed by atoms with Crippen molar-refractivity contribution in [2.45, 2.75) is 38.6 Å². The monoisotopic (exact) mass is 358 g/mol. The Kier molecular flexibility index (Phi) is 4.31. The van der Waals surface area contributed by atoms with Crippen molar-refractivity contribution in [2.24, 2.45) is 5.92 Å². The summed E-state index contributed by atoms with van der Waals surface area (Å²) < 4.78 is 2.21. The molecule has 5 heteroatoms. The van der Waals surface area contributed by atoms with E-state index in [2.05, 4.69) is 58.5 Å². The molecule has 4 rings (SSSR count). The largest absolute Gasteiger partial charge is 0.364 e. The predicted molar refractivity (Wildman–Crippen MR) is 104 cm³/mol. The number of aromatic nitrogens is 1. The Bertz CT molecular complexity index is 830. The van der Waals surface area contributed by atoms with Crippen LogP contribution in [-0.2, 0) is 6.54 Å². The van der Waals surface area contributed by atoms with Crippen LogP contribution in [0.4, 0.5) is 0 Å². The van der Waals surface area contributed by atoms with Crippen molar-refractivity contribution in [3.8, 4) is 0 Å². The number of hydrogen-bond donors (Lipinski definition) is 0. The lowest BCUT2D eigenvalue weighted by atomic mass is 9.97. The van der Waals surface area contributed by atoms with Gasteiger partial charge in [-0.25, -0.2) is 0 Å². The van der Waals surface area contributed by atoms with Crippen molar-refractivity contribution in [3.05, 3.63) is 46.5 Å². The number of ketones is 1. The summed E-state index contributed by atoms with van der Waals surface area (Å²) in [6, 6.07) is 4.19. The fraction of sp³-hybridized carbons (Fsp3) is 0.421. The highest BCUT2D eigenvalue weighted by Crippen LogP contribution is 2.43. The van der Waals surface area contributed by atoms with Gasteiger partial charge in [-0.2, -0.15) is 0 Å². The van der Waals surface area contributed by atoms with Crippen LogP contribution in [-0.4, -0.2) is 27.2 Å². The molecule has 2 aromatic rings. The Morgan fingerprint density at radius 2 is 2.08 bits per heavy atom. The number of fused-ring (bicyclic) bond motifs is 2. The fourth-order valence-electron chi connectivity index (χ4n) is 3.69. The van der Waals surface area contributed by atoms with Crippen LogP contribution in [0.15, 0.2) is 40.8 Å². The molecule has 2 unspecified atom stereocenters. The Labute approximate surface area is 151 Å². The van der Waals surface area contributed by atoms with Crippen molar-refractivity contribution < 1.29 is 4.79 Å². The molecule has 2 aromatic heterocycles. The Hall–Kier alpha value is -1.46. The van der Waals surface area contributed by atoms with Gasteiger partial charge >= 0.3 is 0 Å². The van der Waals surface area contributed by atoms with Crippen LogP contribution >= 0.6 is 23.1 Å². The molecule has 0 amide bonds. The first-order valence-corrected chi connectivity index (χ1v) is 10.5. The average molecular weight is 359 g/mol. The minimum atomic E-state index is 0.201. The maximum absolute atomic E-state index is 13.3. The molecule has 0 spiro atoms. The van der Waals surface area contributed by atoms with Gasteiger partial charge in [0.1, 0.15) is 4.83 Å². The molecule has 0 saturated carbocycles. The van der Waals surface area contributed by atoms with Gasteiger partial charge in [0.05, 0.1) is 11.1 Å². The quantitative estimate of drug-likeness (QED) is 0.671. The van der Waals surface area contributed by atoms with Gasteiger partial charge in [0.2, 0.25) is 5.78 Å². The molecule has 0 radical (unpaired) electrons. The molecular formula is C19H22N2OS2. The van der Waals surface area contributed by atoms with E-state index in [9.17, 15) is 4.79 Å². The molecule has 0 aromatic carbocycles. The second-order valence-electron chi connectivity index (χ2n) is 6.39. The SMILES string of the molecule is CCCN1C=C(C(=O)c2cc3ccsc3n2CCC)C2C=CSC21. The van der Waals surface area contributed by atoms with E-state index in [4.69, 9.17) is 0 Å². The number of Topliss-reactive ketones (excluding diaryl/α,β-unsaturated/α-hetero) is 1. The lowest BCUT2D eigenvalue weighted by molar-refractivity contribution is 0.101. The molecule has 0 fully saturated rings. The number of thioether (sulfide) groups is 1. The van der Waals surface area contributed by atoms with Gasteiger partial charge in [-0.15, -0.1) is 23.1 Å². The van der Waals surface area contributed by atoms with E-state index < -0.39 is 0 Å². The lowest BCUT2D eigenvalue weighted by Gasteiger charge is -2.23. The predicted octanol–water partition coefficient (Wildman–Crippen LogP) is 5.11. The summed E-state index contributed by atoms with van der Waals surface area (Å²) in [5.41, 5.74) is 1.81. The Morgan fingerprint density at radius 3 is 2.88 bits per heavy atom. The number of thiophene rings is 1. The summed E-state index contributed by atoms with van der Waals surface area (Å²) in [4.78, 5) is 16.9. The number of carbonyl (C=O) groups excluding carboxylic acids is 1. The van der Waals surface area contributed by atoms with Gasteiger partial charge in [-0.1, -0.05) is 19.9 Å². The molecular weight excluding hydrogens is 336 g/mol. The van der Waals surface area contributed by atoms with E-state index in [0.29, 0.717) is 5.37 Å². The van der Waals surface area contributed by atoms with E-state index in [0.717, 1.165) is 37.2 Å². The lowest BCUT2D eigenvalue weighted by Crippen LogP contribution is -2.27. The Morgan fingerprint density at radius 1 is 1.25 bits per heavy atom. The highest BCUT2D eigenvalue weighted by Gasteiger charge is 2.40. The normalized spacial score (nSPS) is 22.4. The van der Waals surface area contributed by atoms with E-state index in [1.54, 1.807) is 11.3 Å². The number of carbonyl (C=O) groups is 1. The summed E-state index contributed by atoms with van der Waals surface area (Å²) in [6.45, 7) is 6.27. The van der Waals surface area contributed by atoms with Crippen molar-refractivity contribution in [1.29, 1.82) is 0 Å². The van der Waals surface area contributed by atoms with E-state index in [1.807, 2.05) is 11.8 Å². The zero-order valence-electron chi connectivity index (χ0n) is 14.1. The van der Waals surface area contributed by atoms with E-state index in [1.165, 1.54) is 10.2 Å². The highest BCUT2D eigenvalue weighted by molar-refractivity contribution is 8.03. The van der Waals surface area contributed by atoms with Gasteiger partial charge < -0.3 is 9.47 Å². The van der Waals surface area contributed by atoms with Crippen LogP contribution in [0.2, 0.25) is 0 Å². The van der Waals surface area contributed by atoms with Crippen molar-refractivity contribution in [1.82, 2.24) is 9.47 Å². The molecule has 0 saturated heterocycles. The summed E-state index contributed by atoms with van der Waals surface area (Å²) in [5.74, 6) is 0.435. The van der Waals surface area contributed by atoms with Gasteiger partial charge in [0.15, 0.2) is 0 Å². The molecule has 0 N–H and O–H groups in total. The van der Waals surface area contributed by atoms with Crippen LogP contribution in [0.1, 0.15) is 37.2 Å². The standard InChI is InChI=1S/C19H22N2OS2/c1-3-7-20-12-15(14-6-10-24-19(14)20)17(22)16-11-13-5-9-23-18(13)21(16)8-4-2/h5-6,9-12,14,19H,3-4,7-8H2,1-2H3. The summed E-state index contributed by atoms with van der Waals surface area (Å²) in [5, 5.41) is 5.82. The second-order valence-corrected chi connectivity index (χ2v) is 8.32. The maximum atomic E-state index is 13.3. The van der Waals surface area contributed by atoms with Crippen LogP contribution in [0.25, 0.3) is 10.2 Å². The molecule has 126 valence electrons. The summed E-state index contributed by atoms with van der Waals surface area (Å²) in [6.07, 6.45) is 6.45. The molecule has 2 aliphatic heterocycles. The first-order valence-electron chi connectivity index (χ1n) is 8.65. The highest BCUT2D eigenvalue weighted by atomic mass is 32.2. The molecule has 4 heterocycles. The average Bonchev–Trinajstić information content (AvgIpc) is 3.30. The minimum Gasteiger partial charge on any atom is -0.364 e. The van der Waals surface area contributed by atoms with Crippen molar-refractivity contribution in [3.63, 3.8) is 0 Å². The van der Waals surface area contributed by atoms with Crippen LogP contribution < -0.4 is 0 Å². The van der Waals surface area contributed by atoms with Crippen molar-refractivity contribution >= 4 is 39.1 Å². The van der Waals surface area contributed by atoms with Crippen LogP contribution in [0, 0.1) is 5.92 Å². The van der Waals surface area contributed by atoms with Gasteiger partial charge in [0, 0.05) is 36.2 Å². The summed E-state index contributed by atoms with van der Waals surface area (Å²) in [7, 11) is 0. The molecule has 0 bridgehead atoms. The zero-order chi connectivity index (χ0) is 16.7. The smallest absolute Gasteiger partial charge is 0.207 e. The first kappa shape index (κ1) is 16.0. The maximum Gasteiger partial charge on any atom is 0.207 e. The van der Waals surface area contributed by atoms with Crippen molar-refractivity contribution in [2.75, 3.05) is 6.54 Å². The molecule has 24 heavy (non-hydrogen) atoms. The van der Waals surface area contributed by atoms with E-state index in [-0.39, 0.29) is 11.7 Å². The third-order valence-electron chi connectivity index (χ3n) is 4.73. The summed E-state index contributed by atoms with van der Waals surface area (Å²) >= 11 is 3.56. The third kappa shape index (κ3) is 2.45. The topological polar surface area (TPSA) is 25.2 Å².